The van der Waals surface area contributed by atoms with Crippen LogP contribution in [-0.2, 0) is 6.42 Å². The van der Waals surface area contributed by atoms with Crippen molar-refractivity contribution in [2.24, 2.45) is 0 Å². The molecule has 0 unspecified atom stereocenters. The Bertz CT molecular complexity index is 398. The second kappa shape index (κ2) is 10.2. The normalized spacial score (nSPS) is 10.4. The van der Waals surface area contributed by atoms with Gasteiger partial charge in [0.25, 0.3) is 0 Å². The first-order chi connectivity index (χ1) is 10.2. The van der Waals surface area contributed by atoms with Crippen molar-refractivity contribution in [1.29, 1.82) is 0 Å². The van der Waals surface area contributed by atoms with Gasteiger partial charge in [-0.15, -0.1) is 0 Å². The molecule has 0 heterocycles. The lowest BCUT2D eigenvalue weighted by Crippen LogP contribution is -2.37. The Labute approximate surface area is 128 Å². The van der Waals surface area contributed by atoms with Crippen LogP contribution < -0.4 is 5.32 Å². The second-order valence-corrected chi connectivity index (χ2v) is 5.29. The number of aliphatic hydroxyl groups excluding tert-OH is 1. The lowest BCUT2D eigenvalue weighted by atomic mass is 10.1. The molecule has 21 heavy (non-hydrogen) atoms. The van der Waals surface area contributed by atoms with Crippen LogP contribution in [0.25, 0.3) is 0 Å². The average molecular weight is 292 g/mol. The molecule has 1 aromatic carbocycles. The monoisotopic (exact) mass is 292 g/mol. The number of anilines is 1. The molecule has 0 spiro atoms. The predicted molar refractivity (Wildman–Crippen MR) is 87.6 cm³/mol. The maximum Gasteiger partial charge on any atom is 0.321 e. The minimum Gasteiger partial charge on any atom is -0.395 e. The molecule has 1 rings (SSSR count). The van der Waals surface area contributed by atoms with E-state index in [-0.39, 0.29) is 12.6 Å². The molecular formula is C17H28N2O2. The summed E-state index contributed by atoms with van der Waals surface area (Å²) in [5.41, 5.74) is 2.11. The highest BCUT2D eigenvalue weighted by Gasteiger charge is 2.11. The van der Waals surface area contributed by atoms with Gasteiger partial charge in [-0.05, 0) is 37.0 Å². The van der Waals surface area contributed by atoms with Gasteiger partial charge in [0.05, 0.1) is 6.61 Å². The Hall–Kier alpha value is -1.55. The van der Waals surface area contributed by atoms with Crippen molar-refractivity contribution in [3.05, 3.63) is 29.8 Å². The molecule has 0 radical (unpaired) electrons. The maximum absolute atomic E-state index is 12.1. The third kappa shape index (κ3) is 6.63. The number of hydrogen-bond acceptors (Lipinski definition) is 2. The largest absolute Gasteiger partial charge is 0.395 e. The Kier molecular flexibility index (Phi) is 8.51. The van der Waals surface area contributed by atoms with E-state index >= 15 is 0 Å². The summed E-state index contributed by atoms with van der Waals surface area (Å²) < 4.78 is 0. The summed E-state index contributed by atoms with van der Waals surface area (Å²) in [6, 6.07) is 7.89. The number of amides is 2. The van der Waals surface area contributed by atoms with E-state index < -0.39 is 0 Å². The van der Waals surface area contributed by atoms with Gasteiger partial charge in [-0.3, -0.25) is 0 Å². The molecule has 2 N–H and O–H groups in total. The first-order valence-electron chi connectivity index (χ1n) is 7.97. The van der Waals surface area contributed by atoms with Crippen LogP contribution in [0.5, 0.6) is 0 Å². The summed E-state index contributed by atoms with van der Waals surface area (Å²) in [6.45, 7) is 5.23. The molecular weight excluding hydrogens is 264 g/mol. The van der Waals surface area contributed by atoms with Crippen LogP contribution in [0.15, 0.2) is 24.3 Å². The van der Waals surface area contributed by atoms with E-state index in [2.05, 4.69) is 24.4 Å². The van der Waals surface area contributed by atoms with Gasteiger partial charge in [-0.25, -0.2) is 4.79 Å². The summed E-state index contributed by atoms with van der Waals surface area (Å²) in [5.74, 6) is 0. The van der Waals surface area contributed by atoms with Crippen molar-refractivity contribution in [2.45, 2.75) is 46.0 Å². The SMILES string of the molecule is CCCCCc1ccc(NC(=O)N(CCC)CCO)cc1. The van der Waals surface area contributed by atoms with Gasteiger partial charge >= 0.3 is 6.03 Å². The smallest absolute Gasteiger partial charge is 0.321 e. The minimum atomic E-state index is -0.148. The topological polar surface area (TPSA) is 52.6 Å². The van der Waals surface area contributed by atoms with E-state index in [1.54, 1.807) is 4.90 Å². The molecule has 4 heteroatoms. The van der Waals surface area contributed by atoms with Crippen LogP contribution in [0.3, 0.4) is 0 Å². The molecule has 0 aliphatic heterocycles. The van der Waals surface area contributed by atoms with Crippen molar-refractivity contribution < 1.29 is 9.90 Å². The molecule has 0 aromatic heterocycles. The van der Waals surface area contributed by atoms with Crippen LogP contribution in [0.2, 0.25) is 0 Å². The van der Waals surface area contributed by atoms with Gasteiger partial charge < -0.3 is 15.3 Å². The van der Waals surface area contributed by atoms with Crippen LogP contribution in [0.4, 0.5) is 10.5 Å². The van der Waals surface area contributed by atoms with Crippen LogP contribution in [0.1, 0.15) is 45.1 Å². The number of unbranched alkanes of at least 4 members (excludes halogenated alkanes) is 2. The van der Waals surface area contributed by atoms with Gasteiger partial charge in [0.15, 0.2) is 0 Å². The third-order valence-corrected chi connectivity index (χ3v) is 3.42. The van der Waals surface area contributed by atoms with Crippen molar-refractivity contribution in [3.8, 4) is 0 Å². The number of nitrogens with one attached hydrogen (secondary N) is 1. The number of hydrogen-bond donors (Lipinski definition) is 2. The fourth-order valence-electron chi connectivity index (χ4n) is 2.24. The summed E-state index contributed by atoms with van der Waals surface area (Å²) in [4.78, 5) is 13.7. The van der Waals surface area contributed by atoms with Crippen LogP contribution in [0, 0.1) is 0 Å². The van der Waals surface area contributed by atoms with Crippen molar-refractivity contribution in [1.82, 2.24) is 4.90 Å². The quantitative estimate of drug-likeness (QED) is 0.683. The summed E-state index contributed by atoms with van der Waals surface area (Å²) >= 11 is 0. The molecule has 118 valence electrons. The molecule has 0 aliphatic rings. The molecule has 0 aliphatic carbocycles. The van der Waals surface area contributed by atoms with Crippen molar-refractivity contribution in [3.63, 3.8) is 0 Å². The molecule has 0 fully saturated rings. The number of carbonyl (C=O) groups excluding carboxylic acids is 1. The highest BCUT2D eigenvalue weighted by Crippen LogP contribution is 2.13. The van der Waals surface area contributed by atoms with Crippen molar-refractivity contribution in [2.75, 3.05) is 25.0 Å². The minimum absolute atomic E-state index is 0.0101. The Morgan fingerprint density at radius 2 is 1.81 bits per heavy atom. The highest BCUT2D eigenvalue weighted by molar-refractivity contribution is 5.89. The first kappa shape index (κ1) is 17.5. The average Bonchev–Trinajstić information content (AvgIpc) is 2.49. The summed E-state index contributed by atoms with van der Waals surface area (Å²) in [5, 5.41) is 11.9. The number of aliphatic hydroxyl groups is 1. The zero-order valence-corrected chi connectivity index (χ0v) is 13.3. The number of carbonyl (C=O) groups is 1. The zero-order chi connectivity index (χ0) is 15.5. The maximum atomic E-state index is 12.1. The van der Waals surface area contributed by atoms with Gasteiger partial charge in [0.2, 0.25) is 0 Å². The number of nitrogens with zero attached hydrogens (tertiary/aromatic N) is 1. The lowest BCUT2D eigenvalue weighted by molar-refractivity contribution is 0.188. The standard InChI is InChI=1S/C17H28N2O2/c1-3-5-6-7-15-8-10-16(11-9-15)18-17(21)19(12-4-2)13-14-20/h8-11,20H,3-7,12-14H2,1-2H3,(H,18,21). The van der Waals surface area contributed by atoms with E-state index in [1.807, 2.05) is 19.1 Å². The van der Waals surface area contributed by atoms with E-state index in [4.69, 9.17) is 5.11 Å². The Balaban J connectivity index is 2.51. The fraction of sp³-hybridized carbons (Fsp3) is 0.588. The number of urea groups is 1. The molecule has 1 aromatic rings. The van der Waals surface area contributed by atoms with Gasteiger partial charge in [0, 0.05) is 18.8 Å². The highest BCUT2D eigenvalue weighted by atomic mass is 16.3. The Morgan fingerprint density at radius 3 is 2.38 bits per heavy atom. The molecule has 0 atom stereocenters. The molecule has 0 bridgehead atoms. The lowest BCUT2D eigenvalue weighted by Gasteiger charge is -2.21. The number of benzene rings is 1. The van der Waals surface area contributed by atoms with E-state index in [1.165, 1.54) is 24.8 Å². The van der Waals surface area contributed by atoms with E-state index in [0.717, 1.165) is 18.5 Å². The zero-order valence-electron chi connectivity index (χ0n) is 13.3. The van der Waals surface area contributed by atoms with Crippen LogP contribution in [-0.4, -0.2) is 35.7 Å². The fourth-order valence-corrected chi connectivity index (χ4v) is 2.24. The third-order valence-electron chi connectivity index (χ3n) is 3.42. The van der Waals surface area contributed by atoms with Crippen molar-refractivity contribution >= 4 is 11.7 Å². The molecule has 0 saturated carbocycles. The van der Waals surface area contributed by atoms with Gasteiger partial charge in [-0.2, -0.15) is 0 Å². The van der Waals surface area contributed by atoms with Gasteiger partial charge in [0.1, 0.15) is 0 Å². The van der Waals surface area contributed by atoms with E-state index in [9.17, 15) is 4.79 Å². The number of rotatable bonds is 9. The second-order valence-electron chi connectivity index (χ2n) is 5.29. The van der Waals surface area contributed by atoms with E-state index in [0.29, 0.717) is 13.1 Å². The summed E-state index contributed by atoms with van der Waals surface area (Å²) in [6.07, 6.45) is 5.67. The predicted octanol–water partition coefficient (Wildman–Crippen LogP) is 3.66. The Morgan fingerprint density at radius 1 is 1.10 bits per heavy atom. The molecule has 0 saturated heterocycles. The number of aryl methyl sites for hydroxylation is 1. The summed E-state index contributed by atoms with van der Waals surface area (Å²) in [7, 11) is 0. The first-order valence-corrected chi connectivity index (χ1v) is 7.97. The van der Waals surface area contributed by atoms with Crippen LogP contribution >= 0.6 is 0 Å². The van der Waals surface area contributed by atoms with Gasteiger partial charge in [-0.1, -0.05) is 38.8 Å². The molecule has 4 nitrogen and oxygen atoms in total. The molecule has 2 amide bonds.